The van der Waals surface area contributed by atoms with Gasteiger partial charge in [-0.05, 0) is 49.4 Å². The van der Waals surface area contributed by atoms with Gasteiger partial charge < -0.3 is 20.2 Å². The maximum atomic E-state index is 12.0. The Morgan fingerprint density at radius 3 is 2.83 bits per heavy atom. The van der Waals surface area contributed by atoms with E-state index in [0.29, 0.717) is 18.7 Å². The van der Waals surface area contributed by atoms with Crippen LogP contribution in [0.5, 0.6) is 0 Å². The van der Waals surface area contributed by atoms with Crippen molar-refractivity contribution < 1.29 is 14.3 Å². The maximum Gasteiger partial charge on any atom is 0.315 e. The van der Waals surface area contributed by atoms with Crippen LogP contribution in [0.3, 0.4) is 0 Å². The van der Waals surface area contributed by atoms with Crippen molar-refractivity contribution in [2.45, 2.75) is 43.9 Å². The summed E-state index contributed by atoms with van der Waals surface area (Å²) in [5, 5.41) is 15.7. The topological polar surface area (TPSA) is 74.5 Å². The number of hydrogen-bond acceptors (Lipinski definition) is 4. The minimum atomic E-state index is -0.726. The highest BCUT2D eigenvalue weighted by Crippen LogP contribution is 2.22. The van der Waals surface area contributed by atoms with Gasteiger partial charge >= 0.3 is 6.03 Å². The van der Waals surface area contributed by atoms with E-state index in [1.54, 1.807) is 23.9 Å². The molecule has 5 nitrogen and oxygen atoms in total. The van der Waals surface area contributed by atoms with Crippen molar-refractivity contribution in [2.24, 2.45) is 0 Å². The summed E-state index contributed by atoms with van der Waals surface area (Å²) in [6.45, 7) is 4.37. The van der Waals surface area contributed by atoms with E-state index in [9.17, 15) is 9.90 Å². The molecule has 0 fully saturated rings. The van der Waals surface area contributed by atoms with Gasteiger partial charge in [0.2, 0.25) is 0 Å². The second-order valence-corrected chi connectivity index (χ2v) is 6.66. The highest BCUT2D eigenvalue weighted by Gasteiger charge is 2.16. The number of aliphatic hydroxyl groups is 1. The van der Waals surface area contributed by atoms with E-state index in [1.165, 1.54) is 11.8 Å². The SMILES string of the molecule is CSc1cc(C)ccc1CNC(=O)NC(C)CC(O)c1ccco1. The van der Waals surface area contributed by atoms with Crippen LogP contribution in [0.15, 0.2) is 45.9 Å². The number of hydrogen-bond donors (Lipinski definition) is 3. The number of urea groups is 1. The minimum absolute atomic E-state index is 0.178. The van der Waals surface area contributed by atoms with E-state index in [0.717, 1.165) is 10.5 Å². The van der Waals surface area contributed by atoms with Crippen molar-refractivity contribution in [1.29, 1.82) is 0 Å². The molecule has 1 aromatic carbocycles. The Labute approximate surface area is 146 Å². The molecule has 0 aliphatic rings. The Balaban J connectivity index is 1.80. The van der Waals surface area contributed by atoms with Gasteiger partial charge in [0.1, 0.15) is 11.9 Å². The molecule has 0 aliphatic heterocycles. The van der Waals surface area contributed by atoms with Crippen LogP contribution in [-0.2, 0) is 6.54 Å². The van der Waals surface area contributed by atoms with E-state index in [-0.39, 0.29) is 12.1 Å². The van der Waals surface area contributed by atoms with Gasteiger partial charge in [-0.25, -0.2) is 4.79 Å². The average molecular weight is 348 g/mol. The van der Waals surface area contributed by atoms with Gasteiger partial charge in [0, 0.05) is 23.9 Å². The normalized spacial score (nSPS) is 13.3. The highest BCUT2D eigenvalue weighted by molar-refractivity contribution is 7.98. The lowest BCUT2D eigenvalue weighted by atomic mass is 10.1. The van der Waals surface area contributed by atoms with Gasteiger partial charge in [0.05, 0.1) is 6.26 Å². The smallest absolute Gasteiger partial charge is 0.315 e. The largest absolute Gasteiger partial charge is 0.467 e. The van der Waals surface area contributed by atoms with Gasteiger partial charge in [-0.1, -0.05) is 12.1 Å². The number of aryl methyl sites for hydroxylation is 1. The number of rotatable bonds is 7. The first-order valence-corrected chi connectivity index (χ1v) is 9.11. The second kappa shape index (κ2) is 8.80. The van der Waals surface area contributed by atoms with Crippen LogP contribution in [0, 0.1) is 6.92 Å². The summed E-state index contributed by atoms with van der Waals surface area (Å²) in [6, 6.07) is 9.21. The molecule has 0 aliphatic carbocycles. The van der Waals surface area contributed by atoms with Crippen molar-refractivity contribution in [3.63, 3.8) is 0 Å². The van der Waals surface area contributed by atoms with Crippen LogP contribution in [0.25, 0.3) is 0 Å². The van der Waals surface area contributed by atoms with Crippen molar-refractivity contribution >= 4 is 17.8 Å². The van der Waals surface area contributed by atoms with Crippen LogP contribution < -0.4 is 10.6 Å². The van der Waals surface area contributed by atoms with Crippen molar-refractivity contribution in [3.05, 3.63) is 53.5 Å². The molecule has 130 valence electrons. The fourth-order valence-electron chi connectivity index (χ4n) is 2.44. The summed E-state index contributed by atoms with van der Waals surface area (Å²) < 4.78 is 5.16. The summed E-state index contributed by atoms with van der Waals surface area (Å²) in [6.07, 6.45) is 3.21. The molecule has 0 saturated carbocycles. The van der Waals surface area contributed by atoms with Gasteiger partial charge in [-0.2, -0.15) is 0 Å². The van der Waals surface area contributed by atoms with Gasteiger partial charge in [-0.3, -0.25) is 0 Å². The molecular weight excluding hydrogens is 324 g/mol. The maximum absolute atomic E-state index is 12.0. The third kappa shape index (κ3) is 5.32. The molecule has 2 rings (SSSR count). The fourth-order valence-corrected chi connectivity index (χ4v) is 3.15. The Morgan fingerprint density at radius 2 is 2.17 bits per heavy atom. The predicted molar refractivity (Wildman–Crippen MR) is 96.1 cm³/mol. The van der Waals surface area contributed by atoms with E-state index in [4.69, 9.17) is 4.42 Å². The first-order chi connectivity index (χ1) is 11.5. The zero-order valence-corrected chi connectivity index (χ0v) is 15.0. The van der Waals surface area contributed by atoms with Gasteiger partial charge in [0.25, 0.3) is 0 Å². The third-order valence-electron chi connectivity index (χ3n) is 3.71. The van der Waals surface area contributed by atoms with Crippen LogP contribution in [-0.4, -0.2) is 23.4 Å². The lowest BCUT2D eigenvalue weighted by Crippen LogP contribution is -2.41. The first kappa shape index (κ1) is 18.4. The summed E-state index contributed by atoms with van der Waals surface area (Å²) in [4.78, 5) is 13.2. The number of furan rings is 1. The second-order valence-electron chi connectivity index (χ2n) is 5.81. The number of benzene rings is 1. The summed E-state index contributed by atoms with van der Waals surface area (Å²) >= 11 is 1.67. The standard InChI is InChI=1S/C18H24N2O3S/c1-12-6-7-14(17(9-12)24-3)11-19-18(22)20-13(2)10-15(21)16-5-4-8-23-16/h4-9,13,15,21H,10-11H2,1-3H3,(H2,19,20,22). The fraction of sp³-hybridized carbons (Fsp3) is 0.389. The Bertz CT molecular complexity index is 658. The van der Waals surface area contributed by atoms with Crippen molar-refractivity contribution in [1.82, 2.24) is 10.6 Å². The zero-order chi connectivity index (χ0) is 17.5. The van der Waals surface area contributed by atoms with Crippen LogP contribution in [0.1, 0.15) is 36.3 Å². The molecule has 1 heterocycles. The van der Waals surface area contributed by atoms with Crippen molar-refractivity contribution in [3.8, 4) is 0 Å². The average Bonchev–Trinajstić information content (AvgIpc) is 3.08. The number of aliphatic hydroxyl groups excluding tert-OH is 1. The molecule has 0 saturated heterocycles. The molecule has 3 N–H and O–H groups in total. The van der Waals surface area contributed by atoms with Gasteiger partial charge in [0.15, 0.2) is 0 Å². The van der Waals surface area contributed by atoms with E-state index < -0.39 is 6.10 Å². The third-order valence-corrected chi connectivity index (χ3v) is 4.53. The minimum Gasteiger partial charge on any atom is -0.467 e. The van der Waals surface area contributed by atoms with Crippen LogP contribution >= 0.6 is 11.8 Å². The summed E-state index contributed by atoms with van der Waals surface area (Å²) in [5.41, 5.74) is 2.29. The highest BCUT2D eigenvalue weighted by atomic mass is 32.2. The van der Waals surface area contributed by atoms with Crippen molar-refractivity contribution in [2.75, 3.05) is 6.26 Å². The molecule has 1 aromatic heterocycles. The molecular formula is C18H24N2O3S. The Morgan fingerprint density at radius 1 is 1.38 bits per heavy atom. The molecule has 0 radical (unpaired) electrons. The lowest BCUT2D eigenvalue weighted by molar-refractivity contribution is 0.129. The van der Waals surface area contributed by atoms with Crippen LogP contribution in [0.4, 0.5) is 4.79 Å². The molecule has 2 unspecified atom stereocenters. The molecule has 2 aromatic rings. The quantitative estimate of drug-likeness (QED) is 0.668. The first-order valence-electron chi connectivity index (χ1n) is 7.89. The molecule has 0 bridgehead atoms. The number of carbonyl (C=O) groups excluding carboxylic acids is 1. The van der Waals surface area contributed by atoms with Crippen LogP contribution in [0.2, 0.25) is 0 Å². The summed E-state index contributed by atoms with van der Waals surface area (Å²) in [5.74, 6) is 0.508. The van der Waals surface area contributed by atoms with E-state index >= 15 is 0 Å². The van der Waals surface area contributed by atoms with E-state index in [2.05, 4.69) is 23.6 Å². The monoisotopic (exact) mass is 348 g/mol. The molecule has 6 heteroatoms. The zero-order valence-electron chi connectivity index (χ0n) is 14.2. The molecule has 0 spiro atoms. The predicted octanol–water partition coefficient (Wildman–Crippen LogP) is 3.62. The number of nitrogens with one attached hydrogen (secondary N) is 2. The molecule has 2 atom stereocenters. The molecule has 2 amide bonds. The molecule has 24 heavy (non-hydrogen) atoms. The Hall–Kier alpha value is -1.92. The number of amides is 2. The number of thioether (sulfide) groups is 1. The Kier molecular flexibility index (Phi) is 6.75. The lowest BCUT2D eigenvalue weighted by Gasteiger charge is -2.17. The van der Waals surface area contributed by atoms with E-state index in [1.807, 2.05) is 25.3 Å². The summed E-state index contributed by atoms with van der Waals surface area (Å²) in [7, 11) is 0. The van der Waals surface area contributed by atoms with Gasteiger partial charge in [-0.15, -0.1) is 11.8 Å². The number of carbonyl (C=O) groups is 1.